The maximum Gasteiger partial charge on any atom is 0.258 e. The summed E-state index contributed by atoms with van der Waals surface area (Å²) in [4.78, 5) is 11.6. The van der Waals surface area contributed by atoms with Crippen molar-refractivity contribution in [2.75, 3.05) is 24.6 Å². The van der Waals surface area contributed by atoms with Crippen LogP contribution in [-0.4, -0.2) is 35.3 Å². The van der Waals surface area contributed by atoms with Gasteiger partial charge in [-0.3, -0.25) is 0 Å². The number of para-hydroxylation sites is 1. The summed E-state index contributed by atoms with van der Waals surface area (Å²) in [5.41, 5.74) is 2.33. The van der Waals surface area contributed by atoms with Crippen molar-refractivity contribution in [3.63, 3.8) is 0 Å². The molecule has 0 amide bonds. The second kappa shape index (κ2) is 10.9. The van der Waals surface area contributed by atoms with E-state index >= 15 is 0 Å². The molecule has 0 unspecified atom stereocenters. The Labute approximate surface area is 214 Å². The quantitative estimate of drug-likeness (QED) is 0.351. The highest BCUT2D eigenvalue weighted by Gasteiger charge is 2.37. The van der Waals surface area contributed by atoms with Crippen LogP contribution in [0.25, 0.3) is 0 Å². The predicted octanol–water partition coefficient (Wildman–Crippen LogP) is 6.71. The molecule has 0 spiro atoms. The highest BCUT2D eigenvalue weighted by molar-refractivity contribution is 5.49. The molecule has 1 fully saturated rings. The van der Waals surface area contributed by atoms with Gasteiger partial charge in [-0.15, -0.1) is 0 Å². The third-order valence-electron chi connectivity index (χ3n) is 6.88. The zero-order valence-electron chi connectivity index (χ0n) is 22.2. The molecule has 0 bridgehead atoms. The number of aromatic nitrogens is 2. The number of piperidine rings is 1. The van der Waals surface area contributed by atoms with E-state index in [1.807, 2.05) is 58.0 Å². The number of anilines is 1. The lowest BCUT2D eigenvalue weighted by Gasteiger charge is -2.42. The summed E-state index contributed by atoms with van der Waals surface area (Å²) >= 11 is 0. The normalized spacial score (nSPS) is 15.6. The zero-order chi connectivity index (χ0) is 25.8. The predicted molar refractivity (Wildman–Crippen MR) is 142 cm³/mol. The molecule has 4 rings (SSSR count). The Morgan fingerprint density at radius 2 is 1.69 bits per heavy atom. The van der Waals surface area contributed by atoms with Crippen LogP contribution < -0.4 is 14.4 Å². The molecule has 192 valence electrons. The number of halogens is 1. The Morgan fingerprint density at radius 3 is 2.39 bits per heavy atom. The van der Waals surface area contributed by atoms with Crippen LogP contribution in [0.5, 0.6) is 11.6 Å². The van der Waals surface area contributed by atoms with E-state index in [0.29, 0.717) is 18.9 Å². The minimum atomic E-state index is -0.362. The van der Waals surface area contributed by atoms with Crippen molar-refractivity contribution >= 4 is 5.82 Å². The fourth-order valence-electron chi connectivity index (χ4n) is 4.73. The first-order chi connectivity index (χ1) is 17.1. The Bertz CT molecular complexity index is 1120. The Morgan fingerprint density at radius 1 is 1.00 bits per heavy atom. The molecule has 1 aliphatic heterocycles. The van der Waals surface area contributed by atoms with Crippen LogP contribution in [0.3, 0.4) is 0 Å². The van der Waals surface area contributed by atoms with Gasteiger partial charge < -0.3 is 14.4 Å². The third-order valence-corrected chi connectivity index (χ3v) is 6.88. The summed E-state index contributed by atoms with van der Waals surface area (Å²) in [6.45, 7) is 12.3. The molecule has 5 nitrogen and oxygen atoms in total. The summed E-state index contributed by atoms with van der Waals surface area (Å²) in [7, 11) is 0. The number of hydrogen-bond acceptors (Lipinski definition) is 5. The minimum Gasteiger partial charge on any atom is -0.493 e. The lowest BCUT2D eigenvalue weighted by Crippen LogP contribution is -2.44. The fraction of sp³-hybridized carbons (Fsp3) is 0.467. The van der Waals surface area contributed by atoms with Crippen LogP contribution in [-0.2, 0) is 6.42 Å². The molecule has 0 aliphatic carbocycles. The van der Waals surface area contributed by atoms with Crippen LogP contribution in [0.2, 0.25) is 0 Å². The first-order valence-corrected chi connectivity index (χ1v) is 12.8. The smallest absolute Gasteiger partial charge is 0.258 e. The fourth-order valence-corrected chi connectivity index (χ4v) is 4.73. The van der Waals surface area contributed by atoms with E-state index in [1.165, 1.54) is 0 Å². The van der Waals surface area contributed by atoms with Crippen molar-refractivity contribution in [3.8, 4) is 11.6 Å². The standard InChI is InChI=1S/C30H38FN3O2/c1-22-10-6-9-13-26(22)35-21-30(15-14-24-11-7-8-12-25(24)31)16-18-34(19-17-30)27-28(36-29(3,4)5)32-20-23(2)33-27/h6-13,20H,14-19,21H2,1-5H3. The highest BCUT2D eigenvalue weighted by Crippen LogP contribution is 2.40. The van der Waals surface area contributed by atoms with E-state index in [1.54, 1.807) is 18.3 Å². The second-order valence-electron chi connectivity index (χ2n) is 11.0. The number of ether oxygens (including phenoxy) is 2. The van der Waals surface area contributed by atoms with Gasteiger partial charge in [0.2, 0.25) is 0 Å². The van der Waals surface area contributed by atoms with Gasteiger partial charge in [0.15, 0.2) is 5.82 Å². The van der Waals surface area contributed by atoms with Crippen LogP contribution in [0.15, 0.2) is 54.7 Å². The molecule has 3 aromatic rings. The van der Waals surface area contributed by atoms with Crippen molar-refractivity contribution < 1.29 is 13.9 Å². The number of rotatable bonds is 8. The SMILES string of the molecule is Cc1cnc(OC(C)(C)C)c(N2CCC(CCc3ccccc3F)(COc3ccccc3C)CC2)n1. The molecule has 1 aliphatic rings. The summed E-state index contributed by atoms with van der Waals surface area (Å²) in [5, 5.41) is 0. The van der Waals surface area contributed by atoms with Crippen molar-refractivity contribution in [1.29, 1.82) is 0 Å². The average Bonchev–Trinajstić information content (AvgIpc) is 2.84. The Balaban J connectivity index is 1.53. The van der Waals surface area contributed by atoms with Gasteiger partial charge in [0.1, 0.15) is 17.2 Å². The van der Waals surface area contributed by atoms with E-state index in [-0.39, 0.29) is 16.8 Å². The van der Waals surface area contributed by atoms with Crippen LogP contribution >= 0.6 is 0 Å². The molecular formula is C30H38FN3O2. The summed E-state index contributed by atoms with van der Waals surface area (Å²) in [5.74, 6) is 2.15. The molecule has 0 saturated carbocycles. The van der Waals surface area contributed by atoms with E-state index in [2.05, 4.69) is 22.9 Å². The lowest BCUT2D eigenvalue weighted by molar-refractivity contribution is 0.0998. The van der Waals surface area contributed by atoms with Gasteiger partial charge in [-0.1, -0.05) is 36.4 Å². The Kier molecular flexibility index (Phi) is 7.82. The van der Waals surface area contributed by atoms with Gasteiger partial charge in [-0.2, -0.15) is 0 Å². The first kappa shape index (κ1) is 25.9. The lowest BCUT2D eigenvalue weighted by atomic mass is 9.74. The van der Waals surface area contributed by atoms with E-state index in [4.69, 9.17) is 14.5 Å². The molecule has 0 N–H and O–H groups in total. The van der Waals surface area contributed by atoms with E-state index in [9.17, 15) is 4.39 Å². The minimum absolute atomic E-state index is 0.0661. The molecule has 1 saturated heterocycles. The van der Waals surface area contributed by atoms with Gasteiger partial charge in [0.25, 0.3) is 5.88 Å². The van der Waals surface area contributed by atoms with Crippen molar-refractivity contribution in [2.45, 2.75) is 65.9 Å². The van der Waals surface area contributed by atoms with Gasteiger partial charge >= 0.3 is 0 Å². The van der Waals surface area contributed by atoms with Crippen LogP contribution in [0, 0.1) is 25.1 Å². The molecule has 1 aromatic heterocycles. The molecule has 0 atom stereocenters. The summed E-state index contributed by atoms with van der Waals surface area (Å²) < 4.78 is 26.9. The number of aryl methyl sites for hydroxylation is 3. The van der Waals surface area contributed by atoms with Crippen molar-refractivity contribution in [1.82, 2.24) is 9.97 Å². The molecule has 2 heterocycles. The van der Waals surface area contributed by atoms with Crippen LogP contribution in [0.1, 0.15) is 56.9 Å². The number of benzene rings is 2. The largest absolute Gasteiger partial charge is 0.493 e. The monoisotopic (exact) mass is 491 g/mol. The second-order valence-corrected chi connectivity index (χ2v) is 11.0. The molecule has 6 heteroatoms. The number of nitrogens with zero attached hydrogens (tertiary/aromatic N) is 3. The van der Waals surface area contributed by atoms with Gasteiger partial charge in [0.05, 0.1) is 18.5 Å². The van der Waals surface area contributed by atoms with E-state index < -0.39 is 0 Å². The maximum absolute atomic E-state index is 14.4. The topological polar surface area (TPSA) is 47.5 Å². The zero-order valence-corrected chi connectivity index (χ0v) is 22.2. The summed E-state index contributed by atoms with van der Waals surface area (Å²) in [6.07, 6.45) is 5.13. The average molecular weight is 492 g/mol. The van der Waals surface area contributed by atoms with Gasteiger partial charge in [0, 0.05) is 18.5 Å². The van der Waals surface area contributed by atoms with Crippen molar-refractivity contribution in [3.05, 3.63) is 77.4 Å². The number of hydrogen-bond donors (Lipinski definition) is 0. The highest BCUT2D eigenvalue weighted by atomic mass is 19.1. The molecule has 36 heavy (non-hydrogen) atoms. The molecular weight excluding hydrogens is 453 g/mol. The van der Waals surface area contributed by atoms with Gasteiger partial charge in [-0.25, -0.2) is 14.4 Å². The maximum atomic E-state index is 14.4. The molecule has 2 aromatic carbocycles. The first-order valence-electron chi connectivity index (χ1n) is 12.8. The molecule has 0 radical (unpaired) electrons. The van der Waals surface area contributed by atoms with Crippen molar-refractivity contribution in [2.24, 2.45) is 5.41 Å². The van der Waals surface area contributed by atoms with E-state index in [0.717, 1.165) is 60.7 Å². The Hall–Kier alpha value is -3.15. The summed E-state index contributed by atoms with van der Waals surface area (Å²) in [6, 6.07) is 15.2. The third kappa shape index (κ3) is 6.54. The van der Waals surface area contributed by atoms with Crippen LogP contribution in [0.4, 0.5) is 10.2 Å². The van der Waals surface area contributed by atoms with Gasteiger partial charge in [-0.05, 0) is 83.6 Å².